The summed E-state index contributed by atoms with van der Waals surface area (Å²) in [5.74, 6) is 0.260. The van der Waals surface area contributed by atoms with Crippen LogP contribution in [0.5, 0.6) is 0 Å². The fourth-order valence-corrected chi connectivity index (χ4v) is 3.74. The molecule has 0 bridgehead atoms. The van der Waals surface area contributed by atoms with Gasteiger partial charge in [0.15, 0.2) is 0 Å². The Morgan fingerprint density at radius 1 is 1.11 bits per heavy atom. The number of carbonyl (C=O) groups excluding carboxylic acids is 1. The highest BCUT2D eigenvalue weighted by atomic mass is 32.1. The van der Waals surface area contributed by atoms with Crippen LogP contribution in [0, 0.1) is 0 Å². The summed E-state index contributed by atoms with van der Waals surface area (Å²) >= 11 is 1.41. The van der Waals surface area contributed by atoms with Crippen molar-refractivity contribution in [1.82, 2.24) is 34.8 Å². The SMILES string of the molecule is O=C(Nc1nnc(CCN2CCCCC2)s1)c1cccc(-n2cnnc2)n1. The smallest absolute Gasteiger partial charge is 0.276 e. The van der Waals surface area contributed by atoms with Gasteiger partial charge < -0.3 is 4.90 Å². The van der Waals surface area contributed by atoms with Gasteiger partial charge in [0, 0.05) is 13.0 Å². The molecule has 1 aliphatic heterocycles. The number of hydrogen-bond donors (Lipinski definition) is 1. The minimum atomic E-state index is -0.316. The molecule has 1 amide bonds. The van der Waals surface area contributed by atoms with Crippen LogP contribution in [0.3, 0.4) is 0 Å². The van der Waals surface area contributed by atoms with Crippen LogP contribution < -0.4 is 5.32 Å². The summed E-state index contributed by atoms with van der Waals surface area (Å²) in [4.78, 5) is 19.3. The summed E-state index contributed by atoms with van der Waals surface area (Å²) < 4.78 is 1.64. The molecule has 3 aromatic rings. The number of hydrogen-bond acceptors (Lipinski definition) is 8. The Labute approximate surface area is 160 Å². The zero-order valence-corrected chi connectivity index (χ0v) is 15.6. The number of nitrogens with zero attached hydrogens (tertiary/aromatic N) is 7. The van der Waals surface area contributed by atoms with Gasteiger partial charge in [-0.3, -0.25) is 14.7 Å². The Hall–Kier alpha value is -2.72. The molecule has 140 valence electrons. The highest BCUT2D eigenvalue weighted by Crippen LogP contribution is 2.18. The van der Waals surface area contributed by atoms with Crippen LogP contribution >= 0.6 is 11.3 Å². The fourth-order valence-electron chi connectivity index (χ4n) is 3.02. The van der Waals surface area contributed by atoms with Gasteiger partial charge in [0.2, 0.25) is 5.13 Å². The number of pyridine rings is 1. The molecule has 10 heteroatoms. The molecule has 0 aliphatic carbocycles. The lowest BCUT2D eigenvalue weighted by molar-refractivity contribution is 0.102. The Kier molecular flexibility index (Phi) is 5.45. The topological polar surface area (TPSA) is 102 Å². The number of carbonyl (C=O) groups is 1. The molecule has 1 saturated heterocycles. The Morgan fingerprint density at radius 2 is 1.93 bits per heavy atom. The first-order chi connectivity index (χ1) is 13.3. The van der Waals surface area contributed by atoms with Crippen LogP contribution in [-0.2, 0) is 6.42 Å². The van der Waals surface area contributed by atoms with Crippen molar-refractivity contribution < 1.29 is 4.79 Å². The number of piperidine rings is 1. The minimum Gasteiger partial charge on any atom is -0.303 e. The molecule has 1 fully saturated rings. The second-order valence-electron chi connectivity index (χ2n) is 6.36. The molecule has 3 aromatic heterocycles. The lowest BCUT2D eigenvalue weighted by atomic mass is 10.1. The van der Waals surface area contributed by atoms with E-state index in [1.807, 2.05) is 0 Å². The normalized spacial score (nSPS) is 15.0. The molecule has 1 N–H and O–H groups in total. The maximum atomic E-state index is 12.5. The van der Waals surface area contributed by atoms with Crippen molar-refractivity contribution in [3.8, 4) is 5.82 Å². The molecule has 27 heavy (non-hydrogen) atoms. The van der Waals surface area contributed by atoms with Gasteiger partial charge in [-0.1, -0.05) is 23.8 Å². The quantitative estimate of drug-likeness (QED) is 0.691. The molecule has 0 spiro atoms. The van der Waals surface area contributed by atoms with E-state index in [9.17, 15) is 4.79 Å². The number of amides is 1. The Balaban J connectivity index is 1.36. The van der Waals surface area contributed by atoms with Crippen molar-refractivity contribution in [3.05, 3.63) is 41.6 Å². The Bertz CT molecular complexity index is 888. The van der Waals surface area contributed by atoms with Crippen LogP contribution in [0.1, 0.15) is 34.8 Å². The maximum Gasteiger partial charge on any atom is 0.276 e. The third kappa shape index (κ3) is 4.52. The van der Waals surface area contributed by atoms with E-state index < -0.39 is 0 Å². The van der Waals surface area contributed by atoms with Gasteiger partial charge in [0.05, 0.1) is 0 Å². The van der Waals surface area contributed by atoms with Crippen molar-refractivity contribution in [2.75, 3.05) is 25.0 Å². The van der Waals surface area contributed by atoms with E-state index in [0.717, 1.165) is 31.1 Å². The molecule has 0 aromatic carbocycles. The second-order valence-corrected chi connectivity index (χ2v) is 7.42. The standard InChI is InChI=1S/C17H20N8OS/c26-16(13-5-4-6-14(20-13)25-11-18-19-12-25)21-17-23-22-15(27-17)7-10-24-8-2-1-3-9-24/h4-6,11-12H,1-3,7-10H2,(H,21,23,26). The van der Waals surface area contributed by atoms with E-state index in [4.69, 9.17) is 0 Å². The van der Waals surface area contributed by atoms with Crippen molar-refractivity contribution in [2.24, 2.45) is 0 Å². The van der Waals surface area contributed by atoms with Crippen LogP contribution in [0.4, 0.5) is 5.13 Å². The first-order valence-corrected chi connectivity index (χ1v) is 9.78. The lowest BCUT2D eigenvalue weighted by Gasteiger charge is -2.25. The highest BCUT2D eigenvalue weighted by Gasteiger charge is 2.14. The predicted octanol–water partition coefficient (Wildman–Crippen LogP) is 1.79. The van der Waals surface area contributed by atoms with E-state index in [0.29, 0.717) is 16.6 Å². The summed E-state index contributed by atoms with van der Waals surface area (Å²) in [6, 6.07) is 5.20. The van der Waals surface area contributed by atoms with Gasteiger partial charge in [-0.15, -0.1) is 20.4 Å². The molecule has 0 unspecified atom stereocenters. The molecule has 0 atom stereocenters. The third-order valence-corrected chi connectivity index (χ3v) is 5.33. The molecule has 4 rings (SSSR count). The first kappa shape index (κ1) is 17.7. The molecule has 1 aliphatic rings. The summed E-state index contributed by atoms with van der Waals surface area (Å²) in [6.07, 6.45) is 7.80. The van der Waals surface area contributed by atoms with Crippen LogP contribution in [-0.4, -0.2) is 60.4 Å². The summed E-state index contributed by atoms with van der Waals surface area (Å²) in [6.45, 7) is 3.32. The van der Waals surface area contributed by atoms with Gasteiger partial charge in [-0.25, -0.2) is 4.98 Å². The second kappa shape index (κ2) is 8.31. The van der Waals surface area contributed by atoms with Crippen molar-refractivity contribution >= 4 is 22.4 Å². The van der Waals surface area contributed by atoms with Gasteiger partial charge >= 0.3 is 0 Å². The van der Waals surface area contributed by atoms with E-state index >= 15 is 0 Å². The minimum absolute atomic E-state index is 0.297. The molecule has 4 heterocycles. The summed E-state index contributed by atoms with van der Waals surface area (Å²) in [5.41, 5.74) is 0.297. The third-order valence-electron chi connectivity index (χ3n) is 4.43. The van der Waals surface area contributed by atoms with Crippen LogP contribution in [0.2, 0.25) is 0 Å². The van der Waals surface area contributed by atoms with Crippen molar-refractivity contribution in [1.29, 1.82) is 0 Å². The van der Waals surface area contributed by atoms with Crippen molar-refractivity contribution in [2.45, 2.75) is 25.7 Å². The number of rotatable bonds is 6. The zero-order valence-electron chi connectivity index (χ0n) is 14.8. The summed E-state index contributed by atoms with van der Waals surface area (Å²) in [7, 11) is 0. The van der Waals surface area contributed by atoms with Crippen LogP contribution in [0.15, 0.2) is 30.9 Å². The number of aromatic nitrogens is 6. The van der Waals surface area contributed by atoms with E-state index in [-0.39, 0.29) is 5.91 Å². The number of likely N-dealkylation sites (tertiary alicyclic amines) is 1. The van der Waals surface area contributed by atoms with Gasteiger partial charge in [0.1, 0.15) is 29.2 Å². The average molecular weight is 384 g/mol. The van der Waals surface area contributed by atoms with Gasteiger partial charge in [-0.2, -0.15) is 0 Å². The molecule has 0 radical (unpaired) electrons. The Morgan fingerprint density at radius 3 is 2.74 bits per heavy atom. The van der Waals surface area contributed by atoms with E-state index in [1.165, 1.54) is 43.3 Å². The zero-order chi connectivity index (χ0) is 18.5. The molecular weight excluding hydrogens is 364 g/mol. The molecule has 0 saturated carbocycles. The monoisotopic (exact) mass is 384 g/mol. The molecular formula is C17H20N8OS. The van der Waals surface area contributed by atoms with Gasteiger partial charge in [-0.05, 0) is 38.1 Å². The van der Waals surface area contributed by atoms with Crippen molar-refractivity contribution in [3.63, 3.8) is 0 Å². The first-order valence-electron chi connectivity index (χ1n) is 8.96. The largest absolute Gasteiger partial charge is 0.303 e. The van der Waals surface area contributed by atoms with Gasteiger partial charge in [0.25, 0.3) is 5.91 Å². The fraction of sp³-hybridized carbons (Fsp3) is 0.412. The van der Waals surface area contributed by atoms with E-state index in [1.54, 1.807) is 22.8 Å². The summed E-state index contributed by atoms with van der Waals surface area (Å²) in [5, 5.41) is 20.0. The maximum absolute atomic E-state index is 12.5. The predicted molar refractivity (Wildman–Crippen MR) is 101 cm³/mol. The number of anilines is 1. The molecule has 9 nitrogen and oxygen atoms in total. The highest BCUT2D eigenvalue weighted by molar-refractivity contribution is 7.15. The number of nitrogens with one attached hydrogen (secondary N) is 1. The van der Waals surface area contributed by atoms with E-state index in [2.05, 4.69) is 35.6 Å². The average Bonchev–Trinajstić information content (AvgIpc) is 3.40. The van der Waals surface area contributed by atoms with Crippen LogP contribution in [0.25, 0.3) is 5.82 Å². The lowest BCUT2D eigenvalue weighted by Crippen LogP contribution is -2.31.